The van der Waals surface area contributed by atoms with E-state index in [-0.39, 0.29) is 24.7 Å². The van der Waals surface area contributed by atoms with Gasteiger partial charge in [0.15, 0.2) is 5.78 Å². The molecule has 1 saturated heterocycles. The summed E-state index contributed by atoms with van der Waals surface area (Å²) in [6, 6.07) is 8.49. The first-order valence-electron chi connectivity index (χ1n) is 7.33. The number of benzene rings is 1. The molecule has 2 rings (SSSR count). The number of carboxylic acid groups (broad SMARTS) is 1. The Morgan fingerprint density at radius 3 is 2.71 bits per heavy atom. The second-order valence-corrected chi connectivity index (χ2v) is 5.26. The van der Waals surface area contributed by atoms with Gasteiger partial charge in [-0.3, -0.25) is 9.59 Å². The Balaban J connectivity index is 1.96. The SMILES string of the molecule is O=C(O)CCC(NCC1CCCO1)C(=O)c1ccccc1. The van der Waals surface area contributed by atoms with E-state index in [0.717, 1.165) is 19.4 Å². The molecule has 5 heteroatoms. The fourth-order valence-electron chi connectivity index (χ4n) is 2.48. The van der Waals surface area contributed by atoms with E-state index in [4.69, 9.17) is 9.84 Å². The number of aliphatic carboxylic acids is 1. The van der Waals surface area contributed by atoms with Gasteiger partial charge in [-0.15, -0.1) is 0 Å². The first kappa shape index (κ1) is 15.7. The van der Waals surface area contributed by atoms with Crippen LogP contribution in [0.4, 0.5) is 0 Å². The number of ether oxygens (including phenoxy) is 1. The molecule has 0 aliphatic carbocycles. The third-order valence-electron chi connectivity index (χ3n) is 3.64. The predicted octanol–water partition coefficient (Wildman–Crippen LogP) is 1.87. The van der Waals surface area contributed by atoms with Crippen molar-refractivity contribution in [3.05, 3.63) is 35.9 Å². The predicted molar refractivity (Wildman–Crippen MR) is 78.4 cm³/mol. The van der Waals surface area contributed by atoms with Crippen molar-refractivity contribution in [2.24, 2.45) is 0 Å². The lowest BCUT2D eigenvalue weighted by Gasteiger charge is -2.19. The molecular formula is C16H21NO4. The lowest BCUT2D eigenvalue weighted by molar-refractivity contribution is -0.137. The molecule has 1 aromatic carbocycles. The van der Waals surface area contributed by atoms with Crippen LogP contribution in [0, 0.1) is 0 Å². The highest BCUT2D eigenvalue weighted by Crippen LogP contribution is 2.13. The molecule has 2 unspecified atom stereocenters. The van der Waals surface area contributed by atoms with Gasteiger partial charge >= 0.3 is 5.97 Å². The zero-order valence-electron chi connectivity index (χ0n) is 12.0. The monoisotopic (exact) mass is 291 g/mol. The number of ketones is 1. The minimum atomic E-state index is -0.889. The summed E-state index contributed by atoms with van der Waals surface area (Å²) >= 11 is 0. The molecule has 0 bridgehead atoms. The van der Waals surface area contributed by atoms with Crippen LogP contribution in [0.2, 0.25) is 0 Å². The maximum atomic E-state index is 12.5. The average molecular weight is 291 g/mol. The van der Waals surface area contributed by atoms with E-state index in [9.17, 15) is 9.59 Å². The van der Waals surface area contributed by atoms with Gasteiger partial charge in [0.1, 0.15) is 0 Å². The first-order chi connectivity index (χ1) is 10.2. The van der Waals surface area contributed by atoms with Crippen LogP contribution >= 0.6 is 0 Å². The molecule has 1 heterocycles. The fourth-order valence-corrected chi connectivity index (χ4v) is 2.48. The first-order valence-corrected chi connectivity index (χ1v) is 7.33. The molecule has 1 aromatic rings. The summed E-state index contributed by atoms with van der Waals surface area (Å²) in [6.45, 7) is 1.35. The van der Waals surface area contributed by atoms with Crippen LogP contribution in [0.3, 0.4) is 0 Å². The number of hydrogen-bond acceptors (Lipinski definition) is 4. The molecule has 1 aliphatic heterocycles. The Morgan fingerprint density at radius 2 is 2.10 bits per heavy atom. The highest BCUT2D eigenvalue weighted by molar-refractivity contribution is 6.00. The summed E-state index contributed by atoms with van der Waals surface area (Å²) in [5, 5.41) is 12.0. The number of hydrogen-bond donors (Lipinski definition) is 2. The summed E-state index contributed by atoms with van der Waals surface area (Å²) in [4.78, 5) is 23.2. The minimum absolute atomic E-state index is 0.0260. The number of rotatable bonds is 8. The van der Waals surface area contributed by atoms with Crippen LogP contribution < -0.4 is 5.32 Å². The van der Waals surface area contributed by atoms with Crippen molar-refractivity contribution < 1.29 is 19.4 Å². The third kappa shape index (κ3) is 4.95. The molecule has 114 valence electrons. The third-order valence-corrected chi connectivity index (χ3v) is 3.64. The summed E-state index contributed by atoms with van der Waals surface area (Å²) < 4.78 is 5.52. The largest absolute Gasteiger partial charge is 0.481 e. The molecule has 1 fully saturated rings. The van der Waals surface area contributed by atoms with Gasteiger partial charge in [0.05, 0.1) is 12.1 Å². The molecule has 2 atom stereocenters. The molecule has 2 N–H and O–H groups in total. The molecule has 5 nitrogen and oxygen atoms in total. The molecular weight excluding hydrogens is 270 g/mol. The number of carbonyl (C=O) groups is 2. The van der Waals surface area contributed by atoms with Gasteiger partial charge in [-0.2, -0.15) is 0 Å². The molecule has 1 aliphatic rings. The van der Waals surface area contributed by atoms with Crippen molar-refractivity contribution in [1.82, 2.24) is 5.32 Å². The van der Waals surface area contributed by atoms with Crippen LogP contribution in [0.5, 0.6) is 0 Å². The van der Waals surface area contributed by atoms with Gasteiger partial charge in [-0.25, -0.2) is 0 Å². The average Bonchev–Trinajstić information content (AvgIpc) is 3.01. The maximum absolute atomic E-state index is 12.5. The van der Waals surface area contributed by atoms with Crippen molar-refractivity contribution in [3.63, 3.8) is 0 Å². The lowest BCUT2D eigenvalue weighted by atomic mass is 10.00. The number of nitrogens with one attached hydrogen (secondary N) is 1. The van der Waals surface area contributed by atoms with Crippen molar-refractivity contribution >= 4 is 11.8 Å². The van der Waals surface area contributed by atoms with Gasteiger partial charge in [-0.1, -0.05) is 30.3 Å². The topological polar surface area (TPSA) is 75.6 Å². The zero-order valence-corrected chi connectivity index (χ0v) is 12.0. The second kappa shape index (κ2) is 7.90. The zero-order chi connectivity index (χ0) is 15.1. The Labute approximate surface area is 124 Å². The summed E-state index contributed by atoms with van der Waals surface area (Å²) in [5.41, 5.74) is 0.604. The quantitative estimate of drug-likeness (QED) is 0.715. The summed E-state index contributed by atoms with van der Waals surface area (Å²) in [7, 11) is 0. The molecule has 21 heavy (non-hydrogen) atoms. The normalized spacial score (nSPS) is 19.3. The molecule has 0 saturated carbocycles. The number of carboxylic acids is 1. The highest BCUT2D eigenvalue weighted by atomic mass is 16.5. The van der Waals surface area contributed by atoms with E-state index in [2.05, 4.69) is 5.32 Å². The van der Waals surface area contributed by atoms with Crippen LogP contribution in [0.1, 0.15) is 36.0 Å². The van der Waals surface area contributed by atoms with Crippen molar-refractivity contribution in [3.8, 4) is 0 Å². The molecule has 0 spiro atoms. The van der Waals surface area contributed by atoms with E-state index >= 15 is 0 Å². The fraction of sp³-hybridized carbons (Fsp3) is 0.500. The molecule has 0 aromatic heterocycles. The minimum Gasteiger partial charge on any atom is -0.481 e. The van der Waals surface area contributed by atoms with Crippen molar-refractivity contribution in [1.29, 1.82) is 0 Å². The summed E-state index contributed by atoms with van der Waals surface area (Å²) in [6.07, 6.45) is 2.41. The van der Waals surface area contributed by atoms with E-state index in [1.807, 2.05) is 18.2 Å². The maximum Gasteiger partial charge on any atom is 0.303 e. The van der Waals surface area contributed by atoms with Crippen LogP contribution in [-0.2, 0) is 9.53 Å². The van der Waals surface area contributed by atoms with Crippen LogP contribution in [-0.4, -0.2) is 42.2 Å². The Bertz CT molecular complexity index is 468. The van der Waals surface area contributed by atoms with Gasteiger partial charge in [0.25, 0.3) is 0 Å². The Kier molecular flexibility index (Phi) is 5.90. The van der Waals surface area contributed by atoms with Gasteiger partial charge in [-0.05, 0) is 19.3 Å². The second-order valence-electron chi connectivity index (χ2n) is 5.26. The van der Waals surface area contributed by atoms with Gasteiger partial charge in [0, 0.05) is 25.1 Å². The van der Waals surface area contributed by atoms with Crippen LogP contribution in [0.15, 0.2) is 30.3 Å². The number of carbonyl (C=O) groups excluding carboxylic acids is 1. The van der Waals surface area contributed by atoms with Gasteiger partial charge < -0.3 is 15.2 Å². The standard InChI is InChI=1S/C16H21NO4/c18-15(19)9-8-14(17-11-13-7-4-10-21-13)16(20)12-5-2-1-3-6-12/h1-3,5-6,13-14,17H,4,7-11H2,(H,18,19). The molecule has 0 radical (unpaired) electrons. The van der Waals surface area contributed by atoms with Crippen molar-refractivity contribution in [2.45, 2.75) is 37.8 Å². The Morgan fingerprint density at radius 1 is 1.33 bits per heavy atom. The van der Waals surface area contributed by atoms with E-state index in [0.29, 0.717) is 12.1 Å². The number of Topliss-reactive ketones (excluding diaryl/α,β-unsaturated/α-hetero) is 1. The lowest BCUT2D eigenvalue weighted by Crippen LogP contribution is -2.41. The van der Waals surface area contributed by atoms with E-state index in [1.54, 1.807) is 12.1 Å². The van der Waals surface area contributed by atoms with Gasteiger partial charge in [0.2, 0.25) is 0 Å². The molecule has 0 amide bonds. The smallest absolute Gasteiger partial charge is 0.303 e. The van der Waals surface area contributed by atoms with Crippen LogP contribution in [0.25, 0.3) is 0 Å². The van der Waals surface area contributed by atoms with E-state index in [1.165, 1.54) is 0 Å². The van der Waals surface area contributed by atoms with Crippen molar-refractivity contribution in [2.75, 3.05) is 13.2 Å². The highest BCUT2D eigenvalue weighted by Gasteiger charge is 2.23. The Hall–Kier alpha value is -1.72. The van der Waals surface area contributed by atoms with E-state index < -0.39 is 12.0 Å². The summed E-state index contributed by atoms with van der Waals surface area (Å²) in [5.74, 6) is -0.949.